The smallest absolute Gasteiger partial charge is 0.133 e. The molecule has 3 N–H and O–H groups in total. The molecule has 0 spiro atoms. The summed E-state index contributed by atoms with van der Waals surface area (Å²) >= 11 is 0. The van der Waals surface area contributed by atoms with Gasteiger partial charge >= 0.3 is 0 Å². The van der Waals surface area contributed by atoms with Crippen LogP contribution in [0.15, 0.2) is 0 Å². The van der Waals surface area contributed by atoms with E-state index < -0.39 is 0 Å². The highest BCUT2D eigenvalue weighted by atomic mass is 35.5. The molecule has 144 valence electrons. The number of nitrogens with two attached hydrogens (primary N) is 1. The average molecular weight is 370 g/mol. The van der Waals surface area contributed by atoms with Crippen molar-refractivity contribution in [2.45, 2.75) is 84.3 Å². The predicted molar refractivity (Wildman–Crippen MR) is 103 cm³/mol. The Morgan fingerprint density at radius 1 is 1.04 bits per heavy atom. The van der Waals surface area contributed by atoms with Gasteiger partial charge in [-0.1, -0.05) is 13.8 Å². The van der Waals surface area contributed by atoms with Crippen molar-refractivity contribution in [3.8, 4) is 0 Å². The van der Waals surface area contributed by atoms with Crippen molar-refractivity contribution in [1.29, 1.82) is 0 Å². The average Bonchev–Trinajstić information content (AvgIpc) is 2.86. The summed E-state index contributed by atoms with van der Waals surface area (Å²) in [5.41, 5.74) is 6.68. The Bertz CT molecular complexity index is 540. The summed E-state index contributed by atoms with van der Waals surface area (Å²) < 4.78 is 0. The van der Waals surface area contributed by atoms with Crippen LogP contribution in [0.1, 0.15) is 72.1 Å². The molecule has 4 saturated carbocycles. The number of aliphatic hydroxyl groups excluding tert-OH is 1. The zero-order chi connectivity index (χ0) is 17.3. The fraction of sp³-hybridized carbons (Fsp3) is 0.952. The highest BCUT2D eigenvalue weighted by molar-refractivity contribution is 5.85. The molecule has 25 heavy (non-hydrogen) atoms. The van der Waals surface area contributed by atoms with Crippen molar-refractivity contribution in [2.75, 3.05) is 0 Å². The summed E-state index contributed by atoms with van der Waals surface area (Å²) in [7, 11) is 0. The molecule has 0 radical (unpaired) electrons. The molecule has 4 aliphatic carbocycles. The first-order chi connectivity index (χ1) is 11.3. The van der Waals surface area contributed by atoms with Gasteiger partial charge in [0.2, 0.25) is 0 Å². The molecule has 0 heterocycles. The molecule has 4 aliphatic rings. The Balaban J connectivity index is 0.00000182. The van der Waals surface area contributed by atoms with Crippen molar-refractivity contribution >= 4 is 18.2 Å². The number of Topliss-reactive ketones (excluding diaryl/α,β-unsaturated/α-hetero) is 1. The van der Waals surface area contributed by atoms with E-state index in [0.29, 0.717) is 17.6 Å². The van der Waals surface area contributed by atoms with Crippen LogP contribution < -0.4 is 5.73 Å². The third-order valence-corrected chi connectivity index (χ3v) is 9.26. The second-order valence-electron chi connectivity index (χ2n) is 10.1. The first-order valence-corrected chi connectivity index (χ1v) is 10.2. The molecule has 4 rings (SSSR count). The number of fused-ring (bicyclic) bond motifs is 5. The van der Waals surface area contributed by atoms with Crippen molar-refractivity contribution in [2.24, 2.45) is 46.2 Å². The Morgan fingerprint density at radius 3 is 2.40 bits per heavy atom. The number of carbonyl (C=O) groups excluding carboxylic acids is 1. The Kier molecular flexibility index (Phi) is 5.10. The van der Waals surface area contributed by atoms with Crippen LogP contribution in [-0.4, -0.2) is 23.0 Å². The minimum Gasteiger partial charge on any atom is -0.391 e. The van der Waals surface area contributed by atoms with E-state index in [0.717, 1.165) is 37.0 Å². The summed E-state index contributed by atoms with van der Waals surface area (Å²) in [6, 6.07) is -0.0259. The maximum atomic E-state index is 12.2. The second kappa shape index (κ2) is 6.49. The lowest BCUT2D eigenvalue weighted by atomic mass is 9.44. The molecule has 0 aliphatic heterocycles. The van der Waals surface area contributed by atoms with Crippen LogP contribution in [0.25, 0.3) is 0 Å². The lowest BCUT2D eigenvalue weighted by Crippen LogP contribution is -2.58. The van der Waals surface area contributed by atoms with Gasteiger partial charge < -0.3 is 10.8 Å². The number of rotatable bonds is 1. The van der Waals surface area contributed by atoms with Gasteiger partial charge in [-0.15, -0.1) is 12.4 Å². The van der Waals surface area contributed by atoms with Gasteiger partial charge in [-0.25, -0.2) is 0 Å². The standard InChI is InChI=1S/C21H35NO2.ClH/c1-12(23)15-6-7-16-14-5-4-13-10-18(22)19(24)11-21(13,3)17(14)8-9-20(15,16)2;/h13-19,24H,4-11,22H2,1-3H3;1H/t13-,14-,15+,16-,17-,18+,19-,20+,21-;/m0./s1. The van der Waals surface area contributed by atoms with E-state index >= 15 is 0 Å². The molecular formula is C21H36ClNO2. The second-order valence-corrected chi connectivity index (χ2v) is 10.1. The molecule has 0 aromatic carbocycles. The molecule has 3 nitrogen and oxygen atoms in total. The van der Waals surface area contributed by atoms with Gasteiger partial charge in [0.25, 0.3) is 0 Å². The van der Waals surface area contributed by atoms with Crippen molar-refractivity contribution in [3.63, 3.8) is 0 Å². The van der Waals surface area contributed by atoms with E-state index in [1.54, 1.807) is 0 Å². The van der Waals surface area contributed by atoms with Gasteiger partial charge in [0.15, 0.2) is 0 Å². The van der Waals surface area contributed by atoms with Gasteiger partial charge in [-0.05, 0) is 92.8 Å². The third kappa shape index (κ3) is 2.72. The van der Waals surface area contributed by atoms with Crippen molar-refractivity contribution in [1.82, 2.24) is 0 Å². The molecular weight excluding hydrogens is 334 g/mol. The van der Waals surface area contributed by atoms with E-state index in [-0.39, 0.29) is 35.4 Å². The molecule has 4 heteroatoms. The van der Waals surface area contributed by atoms with Crippen LogP contribution in [0.3, 0.4) is 0 Å². The molecule has 0 saturated heterocycles. The molecule has 0 aromatic rings. The van der Waals surface area contributed by atoms with Crippen LogP contribution >= 0.6 is 12.4 Å². The molecule has 0 amide bonds. The van der Waals surface area contributed by atoms with Crippen LogP contribution in [-0.2, 0) is 4.79 Å². The van der Waals surface area contributed by atoms with E-state index in [9.17, 15) is 9.90 Å². The largest absolute Gasteiger partial charge is 0.391 e. The summed E-state index contributed by atoms with van der Waals surface area (Å²) in [4.78, 5) is 12.2. The third-order valence-electron chi connectivity index (χ3n) is 9.26. The van der Waals surface area contributed by atoms with Crippen LogP contribution in [0.2, 0.25) is 0 Å². The van der Waals surface area contributed by atoms with E-state index in [4.69, 9.17) is 5.73 Å². The van der Waals surface area contributed by atoms with Gasteiger partial charge in [-0.2, -0.15) is 0 Å². The van der Waals surface area contributed by atoms with Crippen molar-refractivity contribution in [3.05, 3.63) is 0 Å². The Labute approximate surface area is 158 Å². The molecule has 9 atom stereocenters. The summed E-state index contributed by atoms with van der Waals surface area (Å²) in [6.07, 6.45) is 8.95. The van der Waals surface area contributed by atoms with Crippen LogP contribution in [0.5, 0.6) is 0 Å². The monoisotopic (exact) mass is 369 g/mol. The SMILES string of the molecule is CC(=O)[C@H]1CC[C@H]2[C@@H]3CC[C@H]4C[C@@H](N)[C@@H](O)C[C@]4(C)[C@H]3CC[C@]12C.Cl. The van der Waals surface area contributed by atoms with Gasteiger partial charge in [0, 0.05) is 12.0 Å². The van der Waals surface area contributed by atoms with Crippen molar-refractivity contribution < 1.29 is 9.90 Å². The minimum atomic E-state index is -0.327. The minimum absolute atomic E-state index is 0. The quantitative estimate of drug-likeness (QED) is 0.735. The molecule has 0 bridgehead atoms. The Morgan fingerprint density at radius 2 is 1.72 bits per heavy atom. The normalized spacial score (nSPS) is 54.7. The highest BCUT2D eigenvalue weighted by Gasteiger charge is 2.61. The fourth-order valence-electron chi connectivity index (χ4n) is 8.00. The predicted octanol–water partition coefficient (Wildman–Crippen LogP) is 3.95. The zero-order valence-corrected chi connectivity index (χ0v) is 16.9. The van der Waals surface area contributed by atoms with Crippen LogP contribution in [0.4, 0.5) is 0 Å². The topological polar surface area (TPSA) is 63.3 Å². The van der Waals surface area contributed by atoms with E-state index in [1.807, 2.05) is 6.92 Å². The van der Waals surface area contributed by atoms with Gasteiger partial charge in [0.1, 0.15) is 5.78 Å². The molecule has 0 unspecified atom stereocenters. The van der Waals surface area contributed by atoms with E-state index in [1.165, 1.54) is 32.1 Å². The number of ketones is 1. The first-order valence-electron chi connectivity index (χ1n) is 10.2. The molecule has 4 fully saturated rings. The van der Waals surface area contributed by atoms with Gasteiger partial charge in [-0.3, -0.25) is 4.79 Å². The summed E-state index contributed by atoms with van der Waals surface area (Å²) in [5, 5.41) is 10.5. The maximum Gasteiger partial charge on any atom is 0.133 e. The first kappa shape index (κ1) is 19.6. The summed E-state index contributed by atoms with van der Waals surface area (Å²) in [5.74, 6) is 3.59. The lowest BCUT2D eigenvalue weighted by Gasteiger charge is -2.61. The fourth-order valence-corrected chi connectivity index (χ4v) is 8.00. The number of halogens is 1. The van der Waals surface area contributed by atoms with Crippen LogP contribution in [0, 0.1) is 40.4 Å². The highest BCUT2D eigenvalue weighted by Crippen LogP contribution is 2.67. The van der Waals surface area contributed by atoms with Gasteiger partial charge in [0.05, 0.1) is 6.10 Å². The number of aliphatic hydroxyl groups is 1. The van der Waals surface area contributed by atoms with E-state index in [2.05, 4.69) is 13.8 Å². The summed E-state index contributed by atoms with van der Waals surface area (Å²) in [6.45, 7) is 6.66. The maximum absolute atomic E-state index is 12.2. The zero-order valence-electron chi connectivity index (χ0n) is 16.0. The number of hydrogen-bond donors (Lipinski definition) is 2. The number of carbonyl (C=O) groups is 1. The number of hydrogen-bond acceptors (Lipinski definition) is 3. The lowest BCUT2D eigenvalue weighted by molar-refractivity contribution is -0.142. The molecule has 0 aromatic heterocycles. The Hall–Kier alpha value is -0.120.